The van der Waals surface area contributed by atoms with E-state index in [2.05, 4.69) is 20.5 Å². The number of pyridine rings is 1. The fourth-order valence-electron chi connectivity index (χ4n) is 3.56. The van der Waals surface area contributed by atoms with E-state index in [1.165, 1.54) is 25.8 Å². The highest BCUT2D eigenvalue weighted by atomic mass is 19.1. The Morgan fingerprint density at radius 2 is 1.87 bits per heavy atom. The van der Waals surface area contributed by atoms with Crippen LogP contribution in [0.15, 0.2) is 36.5 Å². The van der Waals surface area contributed by atoms with E-state index in [9.17, 15) is 18.7 Å². The normalized spacial score (nSPS) is 16.5. The van der Waals surface area contributed by atoms with Gasteiger partial charge in [0, 0.05) is 37.5 Å². The number of anilines is 1. The van der Waals surface area contributed by atoms with Gasteiger partial charge in [0.15, 0.2) is 0 Å². The summed E-state index contributed by atoms with van der Waals surface area (Å²) < 4.78 is 27.0. The van der Waals surface area contributed by atoms with Crippen molar-refractivity contribution in [3.63, 3.8) is 0 Å². The lowest BCUT2D eigenvalue weighted by Gasteiger charge is -2.25. The zero-order valence-corrected chi connectivity index (χ0v) is 17.1. The first-order valence-corrected chi connectivity index (χ1v) is 10.2. The van der Waals surface area contributed by atoms with Gasteiger partial charge in [-0.05, 0) is 43.5 Å². The van der Waals surface area contributed by atoms with Crippen molar-refractivity contribution in [2.45, 2.75) is 44.8 Å². The van der Waals surface area contributed by atoms with Gasteiger partial charge < -0.3 is 20.6 Å². The molecule has 1 aromatic heterocycles. The molecular formula is C22H28F2N4O2. The molecule has 30 heavy (non-hydrogen) atoms. The Hall–Kier alpha value is -2.74. The number of carbonyl (C=O) groups excluding carboxylic acids is 1. The third-order valence-electron chi connectivity index (χ3n) is 5.30. The largest absolute Gasteiger partial charge is 0.383 e. The molecule has 1 saturated heterocycles. The van der Waals surface area contributed by atoms with E-state index in [0.717, 1.165) is 43.4 Å². The fraction of sp³-hybridized carbons (Fsp3) is 0.455. The number of aliphatic hydroxyl groups is 1. The number of aromatic nitrogens is 1. The van der Waals surface area contributed by atoms with Gasteiger partial charge in [-0.3, -0.25) is 0 Å². The topological polar surface area (TPSA) is 77.5 Å². The van der Waals surface area contributed by atoms with E-state index in [0.29, 0.717) is 12.6 Å². The second kappa shape index (κ2) is 9.84. The van der Waals surface area contributed by atoms with Gasteiger partial charge >= 0.3 is 6.03 Å². The number of amides is 2. The second-order valence-electron chi connectivity index (χ2n) is 7.86. The van der Waals surface area contributed by atoms with Crippen LogP contribution in [0.5, 0.6) is 0 Å². The smallest absolute Gasteiger partial charge is 0.315 e. The van der Waals surface area contributed by atoms with Crippen molar-refractivity contribution < 1.29 is 18.7 Å². The third kappa shape index (κ3) is 5.89. The molecule has 162 valence electrons. The van der Waals surface area contributed by atoms with E-state index in [1.54, 1.807) is 6.20 Å². The highest BCUT2D eigenvalue weighted by molar-refractivity contribution is 5.74. The first-order chi connectivity index (χ1) is 14.3. The minimum absolute atomic E-state index is 0.0829. The summed E-state index contributed by atoms with van der Waals surface area (Å²) in [5.41, 5.74) is -0.845. The van der Waals surface area contributed by atoms with Crippen LogP contribution in [-0.2, 0) is 12.1 Å². The average Bonchev–Trinajstić information content (AvgIpc) is 3.00. The van der Waals surface area contributed by atoms with Gasteiger partial charge in [-0.2, -0.15) is 0 Å². The van der Waals surface area contributed by atoms with Crippen molar-refractivity contribution in [2.75, 3.05) is 24.5 Å². The molecule has 0 spiro atoms. The van der Waals surface area contributed by atoms with Crippen molar-refractivity contribution in [3.8, 4) is 0 Å². The summed E-state index contributed by atoms with van der Waals surface area (Å²) in [6.07, 6.45) is 6.52. The average molecular weight is 418 g/mol. The summed E-state index contributed by atoms with van der Waals surface area (Å²) >= 11 is 0. The van der Waals surface area contributed by atoms with Gasteiger partial charge in [0.05, 0.1) is 6.54 Å². The van der Waals surface area contributed by atoms with E-state index >= 15 is 0 Å². The first kappa shape index (κ1) is 22.0. The fourth-order valence-corrected chi connectivity index (χ4v) is 3.56. The standard InChI is InChI=1S/C22H28F2N4O2/c1-22(30,18-7-6-17(23)13-19(18)24)15-27-21(29)26-14-16-8-9-25-20(12-16)28-10-4-2-3-5-11-28/h6-9,12-13,30H,2-5,10-11,14-15H2,1H3,(H2,26,27,29). The number of nitrogens with zero attached hydrogens (tertiary/aromatic N) is 2. The molecule has 2 amide bonds. The van der Waals surface area contributed by atoms with Crippen molar-refractivity contribution >= 4 is 11.8 Å². The molecule has 1 fully saturated rings. The number of hydrogen-bond acceptors (Lipinski definition) is 4. The van der Waals surface area contributed by atoms with E-state index in [-0.39, 0.29) is 12.1 Å². The molecular weight excluding hydrogens is 390 g/mol. The highest BCUT2D eigenvalue weighted by Crippen LogP contribution is 2.23. The van der Waals surface area contributed by atoms with Gasteiger partial charge in [-0.1, -0.05) is 18.9 Å². The third-order valence-corrected chi connectivity index (χ3v) is 5.30. The zero-order valence-electron chi connectivity index (χ0n) is 17.1. The molecule has 1 aliphatic heterocycles. The summed E-state index contributed by atoms with van der Waals surface area (Å²) in [7, 11) is 0. The predicted octanol–water partition coefficient (Wildman–Crippen LogP) is 3.45. The Morgan fingerprint density at radius 3 is 2.57 bits per heavy atom. The minimum Gasteiger partial charge on any atom is -0.383 e. The van der Waals surface area contributed by atoms with Crippen LogP contribution < -0.4 is 15.5 Å². The quantitative estimate of drug-likeness (QED) is 0.672. The molecule has 2 heterocycles. The van der Waals surface area contributed by atoms with Crippen LogP contribution in [0.4, 0.5) is 19.4 Å². The maximum Gasteiger partial charge on any atom is 0.315 e. The van der Waals surface area contributed by atoms with Gasteiger partial charge in [0.25, 0.3) is 0 Å². The number of urea groups is 1. The summed E-state index contributed by atoms with van der Waals surface area (Å²) in [4.78, 5) is 18.9. The van der Waals surface area contributed by atoms with Crippen LogP contribution in [0.1, 0.15) is 43.7 Å². The van der Waals surface area contributed by atoms with Gasteiger partial charge in [0.2, 0.25) is 0 Å². The molecule has 2 aromatic rings. The Bertz CT molecular complexity index is 868. The zero-order chi connectivity index (χ0) is 21.6. The van der Waals surface area contributed by atoms with E-state index < -0.39 is 23.3 Å². The van der Waals surface area contributed by atoms with E-state index in [4.69, 9.17) is 0 Å². The maximum atomic E-state index is 13.9. The molecule has 1 unspecified atom stereocenters. The number of nitrogens with one attached hydrogen (secondary N) is 2. The number of carbonyl (C=O) groups is 1. The minimum atomic E-state index is -1.67. The van der Waals surface area contributed by atoms with Gasteiger partial charge in [-0.25, -0.2) is 18.6 Å². The Kier molecular flexibility index (Phi) is 7.20. The molecule has 1 atom stereocenters. The Balaban J connectivity index is 1.52. The van der Waals surface area contributed by atoms with Gasteiger partial charge in [-0.15, -0.1) is 0 Å². The van der Waals surface area contributed by atoms with Crippen LogP contribution in [0, 0.1) is 11.6 Å². The monoisotopic (exact) mass is 418 g/mol. The van der Waals surface area contributed by atoms with Crippen molar-refractivity contribution in [2.24, 2.45) is 0 Å². The molecule has 8 heteroatoms. The number of halogens is 2. The molecule has 0 saturated carbocycles. The number of benzene rings is 1. The molecule has 0 bridgehead atoms. The van der Waals surface area contributed by atoms with Crippen LogP contribution in [0.3, 0.4) is 0 Å². The van der Waals surface area contributed by atoms with Gasteiger partial charge in [0.1, 0.15) is 23.1 Å². The van der Waals surface area contributed by atoms with Crippen LogP contribution in [0.2, 0.25) is 0 Å². The number of hydrogen-bond donors (Lipinski definition) is 3. The molecule has 3 rings (SSSR count). The van der Waals surface area contributed by atoms with Crippen LogP contribution >= 0.6 is 0 Å². The summed E-state index contributed by atoms with van der Waals surface area (Å²) in [6, 6.07) is 6.26. The number of rotatable bonds is 6. The summed E-state index contributed by atoms with van der Waals surface area (Å²) in [5, 5.41) is 15.7. The highest BCUT2D eigenvalue weighted by Gasteiger charge is 2.27. The second-order valence-corrected chi connectivity index (χ2v) is 7.86. The Labute approximate surface area is 175 Å². The maximum absolute atomic E-state index is 13.9. The van der Waals surface area contributed by atoms with Crippen LogP contribution in [-0.4, -0.2) is 35.8 Å². The van der Waals surface area contributed by atoms with Crippen molar-refractivity contribution in [1.29, 1.82) is 0 Å². The SMILES string of the molecule is CC(O)(CNC(=O)NCc1ccnc(N2CCCCCC2)c1)c1ccc(F)cc1F. The lowest BCUT2D eigenvalue weighted by atomic mass is 9.95. The predicted molar refractivity (Wildman–Crippen MR) is 111 cm³/mol. The molecule has 1 aromatic carbocycles. The molecule has 0 radical (unpaired) electrons. The molecule has 0 aliphatic carbocycles. The summed E-state index contributed by atoms with van der Waals surface area (Å²) in [6.45, 7) is 3.40. The van der Waals surface area contributed by atoms with E-state index in [1.807, 2.05) is 12.1 Å². The Morgan fingerprint density at radius 1 is 1.13 bits per heavy atom. The lowest BCUT2D eigenvalue weighted by molar-refractivity contribution is 0.0555. The van der Waals surface area contributed by atoms with Crippen molar-refractivity contribution in [1.82, 2.24) is 15.6 Å². The summed E-state index contributed by atoms with van der Waals surface area (Å²) in [5.74, 6) is -0.680. The molecule has 6 nitrogen and oxygen atoms in total. The molecule has 3 N–H and O–H groups in total. The van der Waals surface area contributed by atoms with Crippen LogP contribution in [0.25, 0.3) is 0 Å². The lowest BCUT2D eigenvalue weighted by Crippen LogP contribution is -2.43. The molecule has 1 aliphatic rings. The van der Waals surface area contributed by atoms with Crippen molar-refractivity contribution in [3.05, 3.63) is 59.3 Å². The first-order valence-electron chi connectivity index (χ1n) is 10.2.